The Labute approximate surface area is 200 Å². The van der Waals surface area contributed by atoms with E-state index < -0.39 is 20.9 Å². The molecule has 0 amide bonds. The molecule has 2 nitrogen and oxygen atoms in total. The number of rotatable bonds is 2. The molecule has 0 aromatic heterocycles. The molecule has 172 valence electrons. The van der Waals surface area contributed by atoms with E-state index in [2.05, 4.69) is 107 Å². The van der Waals surface area contributed by atoms with Crippen molar-refractivity contribution in [3.8, 4) is 11.5 Å². The van der Waals surface area contributed by atoms with E-state index >= 15 is 0 Å². The third-order valence-electron chi connectivity index (χ3n) is 5.72. The summed E-state index contributed by atoms with van der Waals surface area (Å²) in [4.78, 5) is 0. The van der Waals surface area contributed by atoms with Crippen LogP contribution in [0.3, 0.4) is 0 Å². The van der Waals surface area contributed by atoms with Crippen molar-refractivity contribution in [1.82, 2.24) is 0 Å². The minimum atomic E-state index is -1.01. The van der Waals surface area contributed by atoms with E-state index in [0.29, 0.717) is 11.5 Å². The number of benzene rings is 2. The second kappa shape index (κ2) is 8.31. The standard InChI is InChI=1S/C28H42O2Te/c1-25(2,3)17-13-19(27(7,8)9)23(29)21(15-17)31-22-16-18(26(4,5)6)14-20(24(22)30)28(10,11)12/h13-16,29-30H,1-12H3. The fourth-order valence-corrected chi connectivity index (χ4v) is 6.42. The number of hydrogen-bond donors (Lipinski definition) is 2. The molecular formula is C28H42O2Te. The van der Waals surface area contributed by atoms with Crippen LogP contribution in [-0.4, -0.2) is 31.1 Å². The van der Waals surface area contributed by atoms with Gasteiger partial charge in [-0.2, -0.15) is 0 Å². The summed E-state index contributed by atoms with van der Waals surface area (Å²) in [6.07, 6.45) is 0. The van der Waals surface area contributed by atoms with E-state index in [1.807, 2.05) is 0 Å². The van der Waals surface area contributed by atoms with Crippen molar-refractivity contribution in [3.05, 3.63) is 46.5 Å². The molecule has 0 bridgehead atoms. The van der Waals surface area contributed by atoms with E-state index in [0.717, 1.165) is 18.3 Å². The Morgan fingerprint density at radius 2 is 0.774 bits per heavy atom. The van der Waals surface area contributed by atoms with Gasteiger partial charge in [0.25, 0.3) is 0 Å². The number of hydrogen-bond acceptors (Lipinski definition) is 2. The fourth-order valence-electron chi connectivity index (χ4n) is 3.50. The molecule has 0 atom stereocenters. The zero-order chi connectivity index (χ0) is 24.2. The number of phenolic OH excluding ortho intramolecular Hbond substituents is 2. The van der Waals surface area contributed by atoms with Crippen LogP contribution in [0.2, 0.25) is 0 Å². The Balaban J connectivity index is 2.78. The minimum absolute atomic E-state index is 0.0126. The molecule has 0 saturated heterocycles. The molecule has 0 fully saturated rings. The van der Waals surface area contributed by atoms with Gasteiger partial charge in [0, 0.05) is 0 Å². The van der Waals surface area contributed by atoms with Crippen LogP contribution in [0.25, 0.3) is 0 Å². The normalized spacial score (nSPS) is 13.5. The monoisotopic (exact) mass is 540 g/mol. The second-order valence-corrected chi connectivity index (χ2v) is 15.9. The Morgan fingerprint density at radius 3 is 1.00 bits per heavy atom. The van der Waals surface area contributed by atoms with Gasteiger partial charge < -0.3 is 0 Å². The topological polar surface area (TPSA) is 40.5 Å². The van der Waals surface area contributed by atoms with Crippen LogP contribution >= 0.6 is 0 Å². The molecule has 0 radical (unpaired) electrons. The fraction of sp³-hybridized carbons (Fsp3) is 0.571. The third-order valence-corrected chi connectivity index (χ3v) is 8.75. The van der Waals surface area contributed by atoms with Crippen LogP contribution < -0.4 is 7.22 Å². The first-order chi connectivity index (χ1) is 13.7. The zero-order valence-corrected chi connectivity index (χ0v) is 23.9. The molecule has 0 aliphatic carbocycles. The summed E-state index contributed by atoms with van der Waals surface area (Å²) in [6, 6.07) is 8.68. The SMILES string of the molecule is CC(C)(C)c1cc([Te]c2cc(C(C)(C)C)cc(C(C)(C)C)c2O)c(O)c(C(C)(C)C)c1. The molecule has 2 N–H and O–H groups in total. The average molecular weight is 538 g/mol. The van der Waals surface area contributed by atoms with Crippen molar-refractivity contribution < 1.29 is 10.2 Å². The van der Waals surface area contributed by atoms with Gasteiger partial charge in [-0.1, -0.05) is 0 Å². The van der Waals surface area contributed by atoms with Crippen LogP contribution in [0.5, 0.6) is 11.5 Å². The second-order valence-electron chi connectivity index (χ2n) is 12.8. The summed E-state index contributed by atoms with van der Waals surface area (Å²) in [5.41, 5.74) is 4.11. The number of phenols is 2. The number of aromatic hydroxyl groups is 2. The van der Waals surface area contributed by atoms with Crippen molar-refractivity contribution in [2.75, 3.05) is 0 Å². The molecule has 3 heteroatoms. The van der Waals surface area contributed by atoms with Crippen molar-refractivity contribution in [2.45, 2.75) is 105 Å². The molecule has 0 aliphatic rings. The van der Waals surface area contributed by atoms with E-state index in [9.17, 15) is 10.2 Å². The summed E-state index contributed by atoms with van der Waals surface area (Å²) in [5.74, 6) is 0.807. The van der Waals surface area contributed by atoms with Gasteiger partial charge in [0.2, 0.25) is 0 Å². The predicted molar refractivity (Wildman–Crippen MR) is 136 cm³/mol. The van der Waals surface area contributed by atoms with E-state index in [4.69, 9.17) is 0 Å². The predicted octanol–water partition coefficient (Wildman–Crippen LogP) is 5.94. The molecule has 0 heterocycles. The quantitative estimate of drug-likeness (QED) is 0.465. The van der Waals surface area contributed by atoms with Crippen LogP contribution in [0.15, 0.2) is 24.3 Å². The molecule has 31 heavy (non-hydrogen) atoms. The third kappa shape index (κ3) is 6.00. The van der Waals surface area contributed by atoms with Gasteiger partial charge in [-0.15, -0.1) is 0 Å². The van der Waals surface area contributed by atoms with Crippen molar-refractivity contribution in [3.63, 3.8) is 0 Å². The van der Waals surface area contributed by atoms with Gasteiger partial charge >= 0.3 is 201 Å². The summed E-state index contributed by atoms with van der Waals surface area (Å²) >= 11 is -1.01. The van der Waals surface area contributed by atoms with Gasteiger partial charge in [-0.25, -0.2) is 0 Å². The Bertz CT molecular complexity index is 879. The maximum atomic E-state index is 11.3. The Morgan fingerprint density at radius 1 is 0.484 bits per heavy atom. The van der Waals surface area contributed by atoms with E-state index in [1.54, 1.807) is 0 Å². The summed E-state index contributed by atoms with van der Waals surface area (Å²) < 4.78 is 2.01. The first kappa shape index (κ1) is 26.1. The average Bonchev–Trinajstić information content (AvgIpc) is 2.53. The van der Waals surface area contributed by atoms with Gasteiger partial charge in [0.15, 0.2) is 0 Å². The van der Waals surface area contributed by atoms with Crippen LogP contribution in [0.4, 0.5) is 0 Å². The first-order valence-electron chi connectivity index (χ1n) is 11.2. The van der Waals surface area contributed by atoms with E-state index in [-0.39, 0.29) is 21.7 Å². The molecule has 0 aliphatic heterocycles. The van der Waals surface area contributed by atoms with Gasteiger partial charge in [0.1, 0.15) is 0 Å². The van der Waals surface area contributed by atoms with Crippen molar-refractivity contribution in [2.24, 2.45) is 0 Å². The molecular weight excluding hydrogens is 496 g/mol. The Hall–Kier alpha value is -1.17. The molecule has 2 aromatic carbocycles. The maximum absolute atomic E-state index is 11.3. The summed E-state index contributed by atoms with van der Waals surface area (Å²) in [7, 11) is 0. The first-order valence-corrected chi connectivity index (χ1v) is 13.5. The van der Waals surface area contributed by atoms with Crippen molar-refractivity contribution >= 4 is 28.1 Å². The van der Waals surface area contributed by atoms with Crippen molar-refractivity contribution in [1.29, 1.82) is 0 Å². The van der Waals surface area contributed by atoms with Gasteiger partial charge in [-0.3, -0.25) is 0 Å². The molecule has 0 saturated carbocycles. The van der Waals surface area contributed by atoms with E-state index in [1.165, 1.54) is 11.1 Å². The van der Waals surface area contributed by atoms with Gasteiger partial charge in [0.05, 0.1) is 0 Å². The summed E-state index contributed by atoms with van der Waals surface area (Å²) in [6.45, 7) is 26.2. The molecule has 2 rings (SSSR count). The van der Waals surface area contributed by atoms with Crippen LogP contribution in [-0.2, 0) is 21.7 Å². The zero-order valence-electron chi connectivity index (χ0n) is 21.6. The summed E-state index contributed by atoms with van der Waals surface area (Å²) in [5, 5.41) is 22.6. The molecule has 2 aromatic rings. The van der Waals surface area contributed by atoms with Crippen LogP contribution in [0.1, 0.15) is 105 Å². The molecule has 0 unspecified atom stereocenters. The Kier molecular flexibility index (Phi) is 6.99. The van der Waals surface area contributed by atoms with Gasteiger partial charge in [-0.05, 0) is 0 Å². The molecule has 0 spiro atoms. The van der Waals surface area contributed by atoms with Crippen LogP contribution in [0, 0.1) is 0 Å².